The quantitative estimate of drug-likeness (QED) is 0.647. The third-order valence-electron chi connectivity index (χ3n) is 2.10. The van der Waals surface area contributed by atoms with E-state index in [1.807, 2.05) is 0 Å². The van der Waals surface area contributed by atoms with Gasteiger partial charge in [0.2, 0.25) is 5.91 Å². The molecule has 4 heteroatoms. The van der Waals surface area contributed by atoms with Crippen LogP contribution >= 0.6 is 0 Å². The molecule has 0 unspecified atom stereocenters. The Morgan fingerprint density at radius 2 is 2.15 bits per heavy atom. The summed E-state index contributed by atoms with van der Waals surface area (Å²) < 4.78 is 4.48. The summed E-state index contributed by atoms with van der Waals surface area (Å²) in [6.07, 6.45) is 2.82. The van der Waals surface area contributed by atoms with Crippen LogP contribution in [-0.4, -0.2) is 25.0 Å². The molecular formula is C9H15NO3. The Hall–Kier alpha value is -1.06. The number of rotatable bonds is 4. The zero-order chi connectivity index (χ0) is 9.84. The van der Waals surface area contributed by atoms with Gasteiger partial charge in [0.05, 0.1) is 7.11 Å². The van der Waals surface area contributed by atoms with Crippen LogP contribution in [-0.2, 0) is 14.3 Å². The molecule has 1 atom stereocenters. The van der Waals surface area contributed by atoms with Crippen molar-refractivity contribution in [3.63, 3.8) is 0 Å². The van der Waals surface area contributed by atoms with Gasteiger partial charge in [-0.05, 0) is 25.7 Å². The Bertz CT molecular complexity index is 211. The van der Waals surface area contributed by atoms with Gasteiger partial charge < -0.3 is 10.1 Å². The zero-order valence-electron chi connectivity index (χ0n) is 8.00. The van der Waals surface area contributed by atoms with Crippen LogP contribution in [0.1, 0.15) is 26.2 Å². The van der Waals surface area contributed by atoms with E-state index >= 15 is 0 Å². The average Bonchev–Trinajstić information content (AvgIpc) is 2.86. The number of hydrogen-bond acceptors (Lipinski definition) is 3. The van der Waals surface area contributed by atoms with Gasteiger partial charge in [-0.3, -0.25) is 4.79 Å². The van der Waals surface area contributed by atoms with Crippen molar-refractivity contribution < 1.29 is 14.3 Å². The van der Waals surface area contributed by atoms with Crippen LogP contribution in [0.2, 0.25) is 0 Å². The Balaban J connectivity index is 2.21. The minimum Gasteiger partial charge on any atom is -0.467 e. The monoisotopic (exact) mass is 185 g/mol. The zero-order valence-corrected chi connectivity index (χ0v) is 8.00. The summed E-state index contributed by atoms with van der Waals surface area (Å²) in [4.78, 5) is 22.1. The summed E-state index contributed by atoms with van der Waals surface area (Å²) in [5.41, 5.74) is 0. The minimum absolute atomic E-state index is 0.0552. The molecule has 0 aromatic rings. The number of carbonyl (C=O) groups is 2. The first-order valence-corrected chi connectivity index (χ1v) is 4.50. The van der Waals surface area contributed by atoms with Gasteiger partial charge in [-0.1, -0.05) is 0 Å². The molecule has 0 aromatic heterocycles. The maximum Gasteiger partial charge on any atom is 0.328 e. The Labute approximate surface area is 77.6 Å². The molecular weight excluding hydrogens is 170 g/mol. The van der Waals surface area contributed by atoms with Gasteiger partial charge in [-0.25, -0.2) is 4.79 Å². The van der Waals surface area contributed by atoms with Gasteiger partial charge in [-0.15, -0.1) is 0 Å². The molecule has 4 nitrogen and oxygen atoms in total. The van der Waals surface area contributed by atoms with Crippen LogP contribution in [0, 0.1) is 5.92 Å². The third-order valence-corrected chi connectivity index (χ3v) is 2.10. The molecule has 1 aliphatic rings. The van der Waals surface area contributed by atoms with Crippen LogP contribution in [0.15, 0.2) is 0 Å². The van der Waals surface area contributed by atoms with E-state index in [1.165, 1.54) is 7.11 Å². The highest BCUT2D eigenvalue weighted by molar-refractivity contribution is 5.84. The SMILES string of the molecule is COC(=O)[C@H](C)NC(=O)CC1CC1. The molecule has 0 heterocycles. The molecule has 0 saturated heterocycles. The fraction of sp³-hybridized carbons (Fsp3) is 0.778. The lowest BCUT2D eigenvalue weighted by Gasteiger charge is -2.10. The van der Waals surface area contributed by atoms with E-state index < -0.39 is 12.0 Å². The fourth-order valence-corrected chi connectivity index (χ4v) is 1.12. The normalized spacial score (nSPS) is 17.7. The summed E-state index contributed by atoms with van der Waals surface area (Å²) in [5, 5.41) is 2.59. The summed E-state index contributed by atoms with van der Waals surface area (Å²) in [6.45, 7) is 1.62. The Morgan fingerprint density at radius 3 is 2.62 bits per heavy atom. The molecule has 1 fully saturated rings. The second-order valence-corrected chi connectivity index (χ2v) is 3.46. The summed E-state index contributed by atoms with van der Waals surface area (Å²) >= 11 is 0. The van der Waals surface area contributed by atoms with E-state index in [-0.39, 0.29) is 5.91 Å². The average molecular weight is 185 g/mol. The van der Waals surface area contributed by atoms with Gasteiger partial charge in [0.1, 0.15) is 6.04 Å². The van der Waals surface area contributed by atoms with Crippen molar-refractivity contribution in [3.8, 4) is 0 Å². The smallest absolute Gasteiger partial charge is 0.328 e. The maximum absolute atomic E-state index is 11.2. The number of hydrogen-bond donors (Lipinski definition) is 1. The number of esters is 1. The number of amides is 1. The van der Waals surface area contributed by atoms with Gasteiger partial charge in [0, 0.05) is 6.42 Å². The molecule has 0 aliphatic heterocycles. The van der Waals surface area contributed by atoms with Crippen molar-refractivity contribution in [2.24, 2.45) is 5.92 Å². The van der Waals surface area contributed by atoms with Crippen molar-refractivity contribution in [2.45, 2.75) is 32.2 Å². The molecule has 0 radical (unpaired) electrons. The highest BCUT2D eigenvalue weighted by atomic mass is 16.5. The molecule has 1 N–H and O–H groups in total. The Morgan fingerprint density at radius 1 is 1.54 bits per heavy atom. The maximum atomic E-state index is 11.2. The molecule has 0 spiro atoms. The van der Waals surface area contributed by atoms with Crippen molar-refractivity contribution in [1.29, 1.82) is 0 Å². The van der Waals surface area contributed by atoms with Crippen LogP contribution in [0.3, 0.4) is 0 Å². The third kappa shape index (κ3) is 3.44. The topological polar surface area (TPSA) is 55.4 Å². The standard InChI is InChI=1S/C9H15NO3/c1-6(9(12)13-2)10-8(11)5-7-3-4-7/h6-7H,3-5H2,1-2H3,(H,10,11)/t6-/m0/s1. The number of methoxy groups -OCH3 is 1. The van der Waals surface area contributed by atoms with E-state index in [4.69, 9.17) is 0 Å². The highest BCUT2D eigenvalue weighted by Gasteiger charge is 2.25. The van der Waals surface area contributed by atoms with Gasteiger partial charge in [0.15, 0.2) is 0 Å². The lowest BCUT2D eigenvalue weighted by molar-refractivity contribution is -0.144. The molecule has 13 heavy (non-hydrogen) atoms. The largest absolute Gasteiger partial charge is 0.467 e. The molecule has 1 saturated carbocycles. The lowest BCUT2D eigenvalue weighted by Crippen LogP contribution is -2.39. The second-order valence-electron chi connectivity index (χ2n) is 3.46. The number of nitrogens with one attached hydrogen (secondary N) is 1. The molecule has 0 bridgehead atoms. The number of ether oxygens (including phenoxy) is 1. The van der Waals surface area contributed by atoms with Crippen molar-refractivity contribution in [2.75, 3.05) is 7.11 Å². The van der Waals surface area contributed by atoms with E-state index in [9.17, 15) is 9.59 Å². The van der Waals surface area contributed by atoms with E-state index in [2.05, 4.69) is 10.1 Å². The van der Waals surface area contributed by atoms with E-state index in [0.717, 1.165) is 12.8 Å². The summed E-state index contributed by atoms with van der Waals surface area (Å²) in [7, 11) is 1.31. The summed E-state index contributed by atoms with van der Waals surface area (Å²) in [5.74, 6) is 0.0920. The lowest BCUT2D eigenvalue weighted by atomic mass is 10.2. The Kier molecular flexibility index (Phi) is 3.28. The molecule has 1 amide bonds. The van der Waals surface area contributed by atoms with E-state index in [0.29, 0.717) is 12.3 Å². The van der Waals surface area contributed by atoms with E-state index in [1.54, 1.807) is 6.92 Å². The highest BCUT2D eigenvalue weighted by Crippen LogP contribution is 2.32. The predicted molar refractivity (Wildman–Crippen MR) is 47.0 cm³/mol. The minimum atomic E-state index is -0.531. The number of carbonyl (C=O) groups excluding carboxylic acids is 2. The molecule has 1 rings (SSSR count). The van der Waals surface area contributed by atoms with Crippen molar-refractivity contribution in [3.05, 3.63) is 0 Å². The molecule has 0 aromatic carbocycles. The second kappa shape index (κ2) is 4.25. The van der Waals surface area contributed by atoms with Crippen LogP contribution in [0.4, 0.5) is 0 Å². The van der Waals surface area contributed by atoms with Crippen LogP contribution in [0.5, 0.6) is 0 Å². The molecule has 74 valence electrons. The van der Waals surface area contributed by atoms with Crippen molar-refractivity contribution >= 4 is 11.9 Å². The van der Waals surface area contributed by atoms with Crippen LogP contribution < -0.4 is 5.32 Å². The van der Waals surface area contributed by atoms with Gasteiger partial charge >= 0.3 is 5.97 Å². The first-order valence-electron chi connectivity index (χ1n) is 4.50. The van der Waals surface area contributed by atoms with Crippen molar-refractivity contribution in [1.82, 2.24) is 5.32 Å². The molecule has 1 aliphatic carbocycles. The summed E-state index contributed by atoms with van der Waals surface area (Å²) in [6, 6.07) is -0.531. The van der Waals surface area contributed by atoms with Gasteiger partial charge in [0.25, 0.3) is 0 Å². The first-order chi connectivity index (χ1) is 6.13. The predicted octanol–water partition coefficient (Wildman–Crippen LogP) is 0.464. The van der Waals surface area contributed by atoms with Crippen LogP contribution in [0.25, 0.3) is 0 Å². The van der Waals surface area contributed by atoms with Gasteiger partial charge in [-0.2, -0.15) is 0 Å². The fourth-order valence-electron chi connectivity index (χ4n) is 1.12. The first kappa shape index (κ1) is 10.0.